The molecule has 1 aromatic rings. The fourth-order valence-corrected chi connectivity index (χ4v) is 4.66. The molecule has 0 radical (unpaired) electrons. The van der Waals surface area contributed by atoms with E-state index in [1.807, 2.05) is 27.7 Å². The molecular weight excluding hydrogens is 351 g/mol. The summed E-state index contributed by atoms with van der Waals surface area (Å²) in [6.45, 7) is 10.1. The third kappa shape index (κ3) is 3.98. The van der Waals surface area contributed by atoms with Gasteiger partial charge in [0.1, 0.15) is 0 Å². The highest BCUT2D eigenvalue weighted by Crippen LogP contribution is 2.36. The Hall–Kier alpha value is -0.955. The van der Waals surface area contributed by atoms with Gasteiger partial charge in [0.15, 0.2) is 0 Å². The number of nitrogens with one attached hydrogen (secondary N) is 1. The van der Waals surface area contributed by atoms with Crippen molar-refractivity contribution < 1.29 is 17.7 Å². The Morgan fingerprint density at radius 3 is 2.23 bits per heavy atom. The molecule has 3 rings (SSSR count). The molecule has 0 amide bonds. The molecule has 1 aliphatic carbocycles. The molecule has 1 aliphatic heterocycles. The zero-order valence-corrected chi connectivity index (χ0v) is 17.1. The van der Waals surface area contributed by atoms with E-state index < -0.39 is 28.3 Å². The van der Waals surface area contributed by atoms with E-state index in [1.165, 1.54) is 6.20 Å². The van der Waals surface area contributed by atoms with Crippen LogP contribution in [0.2, 0.25) is 0 Å². The molecule has 0 aromatic carbocycles. The lowest BCUT2D eigenvalue weighted by Gasteiger charge is -2.32. The van der Waals surface area contributed by atoms with Gasteiger partial charge in [-0.05, 0) is 65.4 Å². The van der Waals surface area contributed by atoms with Gasteiger partial charge in [0, 0.05) is 23.9 Å². The lowest BCUT2D eigenvalue weighted by atomic mass is 9.80. The second-order valence-corrected chi connectivity index (χ2v) is 10.3. The van der Waals surface area contributed by atoms with Crippen molar-refractivity contribution in [1.29, 1.82) is 0 Å². The first-order valence-corrected chi connectivity index (χ1v) is 10.8. The van der Waals surface area contributed by atoms with Crippen molar-refractivity contribution >= 4 is 22.6 Å². The van der Waals surface area contributed by atoms with Gasteiger partial charge in [-0.2, -0.15) is 0 Å². The summed E-state index contributed by atoms with van der Waals surface area (Å²) >= 11 is 0. The molecule has 0 atom stereocenters. The van der Waals surface area contributed by atoms with E-state index in [9.17, 15) is 8.42 Å². The zero-order valence-electron chi connectivity index (χ0n) is 16.3. The van der Waals surface area contributed by atoms with Crippen LogP contribution in [0.25, 0.3) is 0 Å². The lowest BCUT2D eigenvalue weighted by Crippen LogP contribution is -2.41. The summed E-state index contributed by atoms with van der Waals surface area (Å²) in [4.78, 5) is 4.27. The number of rotatable bonds is 4. The SMILES string of the molecule is CC1CCC(NS(=O)(=O)c2cncc(B3OC(C)(C)C(C)(C)O3)c2)CC1. The highest BCUT2D eigenvalue weighted by Gasteiger charge is 2.52. The molecule has 1 aromatic heterocycles. The molecule has 0 unspecified atom stereocenters. The second kappa shape index (κ2) is 6.89. The first kappa shape index (κ1) is 19.8. The maximum atomic E-state index is 12.8. The van der Waals surface area contributed by atoms with Crippen molar-refractivity contribution in [3.8, 4) is 0 Å². The zero-order chi connectivity index (χ0) is 19.2. The maximum Gasteiger partial charge on any atom is 0.496 e. The number of aromatic nitrogens is 1. The first-order valence-electron chi connectivity index (χ1n) is 9.33. The molecule has 144 valence electrons. The molecule has 0 spiro atoms. The molecular formula is C18H29BN2O4S. The van der Waals surface area contributed by atoms with E-state index in [4.69, 9.17) is 9.31 Å². The van der Waals surface area contributed by atoms with Crippen molar-refractivity contribution in [3.63, 3.8) is 0 Å². The van der Waals surface area contributed by atoms with Crippen molar-refractivity contribution in [3.05, 3.63) is 18.5 Å². The smallest absolute Gasteiger partial charge is 0.399 e. The molecule has 2 fully saturated rings. The Morgan fingerprint density at radius 2 is 1.65 bits per heavy atom. The monoisotopic (exact) mass is 380 g/mol. The normalized spacial score (nSPS) is 28.3. The van der Waals surface area contributed by atoms with Gasteiger partial charge in [0.05, 0.1) is 16.1 Å². The fraction of sp³-hybridized carbons (Fsp3) is 0.722. The minimum Gasteiger partial charge on any atom is -0.399 e. The third-order valence-electron chi connectivity index (χ3n) is 5.91. The molecule has 0 bridgehead atoms. The summed E-state index contributed by atoms with van der Waals surface area (Å²) in [6.07, 6.45) is 6.85. The number of nitrogens with zero attached hydrogens (tertiary/aromatic N) is 1. The summed E-state index contributed by atoms with van der Waals surface area (Å²) in [5, 5.41) is 0. The Kier molecular flexibility index (Phi) is 5.25. The molecule has 6 nitrogen and oxygen atoms in total. The van der Waals surface area contributed by atoms with Crippen LogP contribution in [-0.2, 0) is 19.3 Å². The summed E-state index contributed by atoms with van der Waals surface area (Å²) in [5.74, 6) is 0.670. The third-order valence-corrected chi connectivity index (χ3v) is 7.40. The largest absolute Gasteiger partial charge is 0.496 e. The van der Waals surface area contributed by atoms with Crippen LogP contribution in [0.1, 0.15) is 60.3 Å². The second-order valence-electron chi connectivity index (χ2n) is 8.62. The lowest BCUT2D eigenvalue weighted by molar-refractivity contribution is 0.00578. The first-order chi connectivity index (χ1) is 12.0. The van der Waals surface area contributed by atoms with Crippen LogP contribution < -0.4 is 10.2 Å². The average molecular weight is 380 g/mol. The average Bonchev–Trinajstić information content (AvgIpc) is 2.78. The van der Waals surface area contributed by atoms with E-state index in [-0.39, 0.29) is 10.9 Å². The Labute approximate surface area is 157 Å². The van der Waals surface area contributed by atoms with Crippen molar-refractivity contribution in [1.82, 2.24) is 9.71 Å². The Bertz CT molecular complexity index is 742. The molecule has 26 heavy (non-hydrogen) atoms. The predicted molar refractivity (Wildman–Crippen MR) is 102 cm³/mol. The van der Waals surface area contributed by atoms with Gasteiger partial charge in [-0.25, -0.2) is 13.1 Å². The molecule has 2 heterocycles. The number of hydrogen-bond donors (Lipinski definition) is 1. The molecule has 8 heteroatoms. The van der Waals surface area contributed by atoms with E-state index >= 15 is 0 Å². The number of sulfonamides is 1. The fourth-order valence-electron chi connectivity index (χ4n) is 3.36. The number of pyridine rings is 1. The minimum absolute atomic E-state index is 0.00305. The highest BCUT2D eigenvalue weighted by atomic mass is 32.2. The summed E-state index contributed by atoms with van der Waals surface area (Å²) in [6, 6.07) is 1.60. The van der Waals surface area contributed by atoms with Gasteiger partial charge in [0.25, 0.3) is 0 Å². The van der Waals surface area contributed by atoms with E-state index in [0.29, 0.717) is 11.4 Å². The van der Waals surface area contributed by atoms with Crippen LogP contribution in [0.4, 0.5) is 0 Å². The summed E-state index contributed by atoms with van der Waals surface area (Å²) in [5.41, 5.74) is -0.350. The molecule has 2 aliphatic rings. The predicted octanol–water partition coefficient (Wildman–Crippen LogP) is 2.24. The van der Waals surface area contributed by atoms with Crippen LogP contribution in [0, 0.1) is 5.92 Å². The standard InChI is InChI=1S/C18H29BN2O4S/c1-13-6-8-15(9-7-13)21-26(22,23)16-10-14(11-20-12-16)19-24-17(2,3)18(4,5)25-19/h10-13,15,21H,6-9H2,1-5H3. The van der Waals surface area contributed by atoms with Crippen LogP contribution in [-0.4, -0.2) is 37.8 Å². The van der Waals surface area contributed by atoms with Gasteiger partial charge in [-0.15, -0.1) is 0 Å². The quantitative estimate of drug-likeness (QED) is 0.811. The summed E-state index contributed by atoms with van der Waals surface area (Å²) < 4.78 is 40.4. The minimum atomic E-state index is -3.61. The molecule has 1 saturated heterocycles. The van der Waals surface area contributed by atoms with Crippen molar-refractivity contribution in [2.75, 3.05) is 0 Å². The van der Waals surface area contributed by atoms with Gasteiger partial charge >= 0.3 is 7.12 Å². The number of hydrogen-bond acceptors (Lipinski definition) is 5. The highest BCUT2D eigenvalue weighted by molar-refractivity contribution is 7.89. The van der Waals surface area contributed by atoms with Gasteiger partial charge in [0.2, 0.25) is 10.0 Å². The topological polar surface area (TPSA) is 77.5 Å². The van der Waals surface area contributed by atoms with E-state index in [0.717, 1.165) is 25.7 Å². The maximum absolute atomic E-state index is 12.8. The molecule has 1 N–H and O–H groups in total. The van der Waals surface area contributed by atoms with Gasteiger partial charge < -0.3 is 9.31 Å². The molecule has 1 saturated carbocycles. The van der Waals surface area contributed by atoms with Crippen molar-refractivity contribution in [2.24, 2.45) is 5.92 Å². The van der Waals surface area contributed by atoms with Crippen LogP contribution >= 0.6 is 0 Å². The van der Waals surface area contributed by atoms with E-state index in [1.54, 1.807) is 12.3 Å². The van der Waals surface area contributed by atoms with Gasteiger partial charge in [-0.3, -0.25) is 4.98 Å². The van der Waals surface area contributed by atoms with Crippen LogP contribution in [0.5, 0.6) is 0 Å². The van der Waals surface area contributed by atoms with Crippen LogP contribution in [0.15, 0.2) is 23.4 Å². The van der Waals surface area contributed by atoms with Crippen LogP contribution in [0.3, 0.4) is 0 Å². The van der Waals surface area contributed by atoms with Gasteiger partial charge in [-0.1, -0.05) is 6.92 Å². The Morgan fingerprint density at radius 1 is 1.08 bits per heavy atom. The van der Waals surface area contributed by atoms with Crippen molar-refractivity contribution in [2.45, 2.75) is 82.4 Å². The Balaban J connectivity index is 1.77. The van der Waals surface area contributed by atoms with E-state index in [2.05, 4.69) is 16.6 Å². The summed E-state index contributed by atoms with van der Waals surface area (Å²) in [7, 11) is -4.24.